The number of nitrogens with two attached hydrogens (primary N) is 1. The zero-order chi connectivity index (χ0) is 23.8. The van der Waals surface area contributed by atoms with Gasteiger partial charge < -0.3 is 10.6 Å². The summed E-state index contributed by atoms with van der Waals surface area (Å²) in [7, 11) is 1.89. The van der Waals surface area contributed by atoms with Gasteiger partial charge >= 0.3 is 0 Å². The Hall–Kier alpha value is -4.38. The van der Waals surface area contributed by atoms with Crippen LogP contribution in [0.1, 0.15) is 35.4 Å². The molecule has 1 amide bonds. The fraction of sp³-hybridized carbons (Fsp3) is 0.231. The lowest BCUT2D eigenvalue weighted by molar-refractivity contribution is -0.112. The van der Waals surface area contributed by atoms with Crippen LogP contribution in [0.4, 0.5) is 5.69 Å². The fourth-order valence-corrected chi connectivity index (χ4v) is 4.70. The minimum Gasteiger partial charge on any atom is -0.370 e. The highest BCUT2D eigenvalue weighted by atomic mass is 16.1. The molecule has 170 valence electrons. The molecule has 0 aliphatic carbocycles. The average Bonchev–Trinajstić information content (AvgIpc) is 3.49. The van der Waals surface area contributed by atoms with Gasteiger partial charge in [0.2, 0.25) is 5.91 Å². The third-order valence-corrected chi connectivity index (χ3v) is 6.61. The summed E-state index contributed by atoms with van der Waals surface area (Å²) in [5.74, 6) is -0.0810. The van der Waals surface area contributed by atoms with Gasteiger partial charge in [0, 0.05) is 49.2 Å². The molecule has 8 nitrogen and oxygen atoms in total. The zero-order valence-corrected chi connectivity index (χ0v) is 19.0. The molecule has 1 aliphatic rings. The molecule has 1 aromatic carbocycles. The van der Waals surface area contributed by atoms with Crippen molar-refractivity contribution in [2.24, 2.45) is 12.8 Å². The molecule has 3 aromatic heterocycles. The quantitative estimate of drug-likeness (QED) is 0.468. The van der Waals surface area contributed by atoms with Crippen LogP contribution in [0.25, 0.3) is 22.2 Å². The molecule has 0 saturated carbocycles. The number of nitriles is 1. The van der Waals surface area contributed by atoms with Gasteiger partial charge in [-0.3, -0.25) is 9.48 Å². The number of carbonyl (C=O) groups excluding carboxylic acids is 1. The number of anilines is 1. The molecule has 2 N–H and O–H groups in total. The van der Waals surface area contributed by atoms with E-state index in [1.165, 1.54) is 5.56 Å². The first-order chi connectivity index (χ1) is 16.4. The number of piperidine rings is 1. The van der Waals surface area contributed by atoms with Gasteiger partial charge in [-0.2, -0.15) is 15.5 Å². The van der Waals surface area contributed by atoms with Crippen LogP contribution >= 0.6 is 0 Å². The van der Waals surface area contributed by atoms with E-state index in [9.17, 15) is 10.1 Å². The molecule has 4 aromatic rings. The van der Waals surface area contributed by atoms with E-state index in [0.29, 0.717) is 17.1 Å². The van der Waals surface area contributed by atoms with E-state index in [2.05, 4.69) is 45.9 Å². The van der Waals surface area contributed by atoms with Crippen molar-refractivity contribution in [2.75, 3.05) is 18.0 Å². The third kappa shape index (κ3) is 3.82. The second-order valence-electron chi connectivity index (χ2n) is 8.71. The van der Waals surface area contributed by atoms with Gasteiger partial charge in [-0.1, -0.05) is 30.8 Å². The number of rotatable bonds is 5. The highest BCUT2D eigenvalue weighted by Gasteiger charge is 2.24. The van der Waals surface area contributed by atoms with Crippen LogP contribution in [0.15, 0.2) is 61.7 Å². The second-order valence-corrected chi connectivity index (χ2v) is 8.71. The Kier molecular flexibility index (Phi) is 5.38. The average molecular weight is 452 g/mol. The van der Waals surface area contributed by atoms with E-state index in [-0.39, 0.29) is 0 Å². The minimum absolute atomic E-state index is 0.327. The molecule has 1 fully saturated rings. The first-order valence-electron chi connectivity index (χ1n) is 11.2. The molecule has 34 heavy (non-hydrogen) atoms. The number of hydrogen-bond donors (Lipinski definition) is 1. The summed E-state index contributed by atoms with van der Waals surface area (Å²) < 4.78 is 3.57. The van der Waals surface area contributed by atoms with E-state index in [1.807, 2.05) is 37.8 Å². The van der Waals surface area contributed by atoms with Gasteiger partial charge in [0.25, 0.3) is 0 Å². The molecule has 0 atom stereocenters. The monoisotopic (exact) mass is 451 g/mol. The van der Waals surface area contributed by atoms with Crippen LogP contribution in [0.5, 0.6) is 0 Å². The number of carbonyl (C=O) groups is 1. The van der Waals surface area contributed by atoms with Crippen LogP contribution in [0.3, 0.4) is 0 Å². The normalized spacial score (nSPS) is 14.3. The van der Waals surface area contributed by atoms with Crippen molar-refractivity contribution in [3.63, 3.8) is 0 Å². The molecular weight excluding hydrogens is 426 g/mol. The first kappa shape index (κ1) is 21.5. The Bertz CT molecular complexity index is 1430. The summed E-state index contributed by atoms with van der Waals surface area (Å²) in [6.45, 7) is 5.49. The summed E-state index contributed by atoms with van der Waals surface area (Å²) in [6, 6.07) is 12.4. The number of amides is 1. The van der Waals surface area contributed by atoms with Crippen molar-refractivity contribution < 1.29 is 4.79 Å². The van der Waals surface area contributed by atoms with E-state index >= 15 is 0 Å². The fourth-order valence-electron chi connectivity index (χ4n) is 4.70. The third-order valence-electron chi connectivity index (χ3n) is 6.61. The highest BCUT2D eigenvalue weighted by molar-refractivity contribution is 6.17. The molecular formula is C26H25N7O. The van der Waals surface area contributed by atoms with E-state index in [1.54, 1.807) is 15.4 Å². The van der Waals surface area contributed by atoms with Gasteiger partial charge in [-0.25, -0.2) is 4.52 Å². The van der Waals surface area contributed by atoms with Gasteiger partial charge in [0.1, 0.15) is 11.6 Å². The zero-order valence-electron chi connectivity index (χ0n) is 19.0. The lowest BCUT2D eigenvalue weighted by Gasteiger charge is -2.34. The van der Waals surface area contributed by atoms with Crippen molar-refractivity contribution in [3.8, 4) is 17.2 Å². The molecule has 1 saturated heterocycles. The molecule has 0 radical (unpaired) electrons. The smallest absolute Gasteiger partial charge is 0.248 e. The molecule has 0 spiro atoms. The maximum atomic E-state index is 11.4. The van der Waals surface area contributed by atoms with Crippen LogP contribution in [0, 0.1) is 11.3 Å². The first-order valence-corrected chi connectivity index (χ1v) is 11.2. The van der Waals surface area contributed by atoms with Crippen LogP contribution in [0.2, 0.25) is 0 Å². The number of pyridine rings is 1. The number of aromatic nitrogens is 4. The van der Waals surface area contributed by atoms with Crippen molar-refractivity contribution in [2.45, 2.75) is 18.8 Å². The van der Waals surface area contributed by atoms with Gasteiger partial charge in [-0.15, -0.1) is 0 Å². The molecule has 8 heteroatoms. The maximum absolute atomic E-state index is 11.4. The van der Waals surface area contributed by atoms with Gasteiger partial charge in [0.05, 0.1) is 23.6 Å². The van der Waals surface area contributed by atoms with Crippen molar-refractivity contribution in [3.05, 3.63) is 78.4 Å². The molecule has 1 aliphatic heterocycles. The predicted octanol–water partition coefficient (Wildman–Crippen LogP) is 3.49. The van der Waals surface area contributed by atoms with Gasteiger partial charge in [-0.05, 0) is 36.0 Å². The largest absolute Gasteiger partial charge is 0.370 e. The summed E-state index contributed by atoms with van der Waals surface area (Å²) in [4.78, 5) is 13.7. The summed E-state index contributed by atoms with van der Waals surface area (Å²) >= 11 is 0. The molecule has 5 rings (SSSR count). The Morgan fingerprint density at radius 1 is 1.12 bits per heavy atom. The van der Waals surface area contributed by atoms with Crippen molar-refractivity contribution in [1.29, 1.82) is 5.26 Å². The van der Waals surface area contributed by atoms with Crippen LogP contribution in [-0.2, 0) is 11.8 Å². The number of nitrogens with zero attached hydrogens (tertiary/aromatic N) is 6. The van der Waals surface area contributed by atoms with Crippen LogP contribution < -0.4 is 10.6 Å². The topological polar surface area (TPSA) is 105 Å². The second kappa shape index (κ2) is 8.52. The number of benzene rings is 1. The summed E-state index contributed by atoms with van der Waals surface area (Å²) in [5, 5.41) is 18.4. The number of primary amides is 1. The van der Waals surface area contributed by atoms with Crippen molar-refractivity contribution >= 4 is 22.7 Å². The Morgan fingerprint density at radius 3 is 2.47 bits per heavy atom. The molecule has 4 heterocycles. The number of aryl methyl sites for hydroxylation is 1. The lowest BCUT2D eigenvalue weighted by Crippen LogP contribution is -2.33. The SMILES string of the molecule is C=C(C(N)=O)c1ccc(C2CCN(c3cc(-c4cnn(C)c4)cn4ncc(C#N)c34)CC2)cc1. The predicted molar refractivity (Wildman–Crippen MR) is 131 cm³/mol. The summed E-state index contributed by atoms with van der Waals surface area (Å²) in [6.07, 6.45) is 9.35. The standard InChI is InChI=1S/C26H25N7O/c1-17(26(28)34)18-3-5-19(6-4-18)20-7-9-32(10-8-20)24-11-21(23-14-29-31(2)15-23)16-33-25(24)22(12-27)13-30-33/h3-6,11,13-16,20H,1,7-10H2,2H3,(H2,28,34). The Morgan fingerprint density at radius 2 is 1.85 bits per heavy atom. The number of hydrogen-bond acceptors (Lipinski definition) is 5. The molecule has 0 bridgehead atoms. The number of fused-ring (bicyclic) bond motifs is 1. The maximum Gasteiger partial charge on any atom is 0.248 e. The van der Waals surface area contributed by atoms with Gasteiger partial charge in [0.15, 0.2) is 0 Å². The summed E-state index contributed by atoms with van der Waals surface area (Å²) in [5.41, 5.74) is 12.1. The molecule has 0 unspecified atom stereocenters. The van der Waals surface area contributed by atoms with Crippen molar-refractivity contribution in [1.82, 2.24) is 19.4 Å². The Labute approximate surface area is 197 Å². The van der Waals surface area contributed by atoms with E-state index < -0.39 is 5.91 Å². The van der Waals surface area contributed by atoms with E-state index in [4.69, 9.17) is 5.73 Å². The minimum atomic E-state index is -0.502. The lowest BCUT2D eigenvalue weighted by atomic mass is 9.88. The van der Waals surface area contributed by atoms with Crippen LogP contribution in [-0.4, -0.2) is 38.4 Å². The Balaban J connectivity index is 1.41. The van der Waals surface area contributed by atoms with E-state index in [0.717, 1.165) is 53.8 Å². The highest BCUT2D eigenvalue weighted by Crippen LogP contribution is 2.35.